The van der Waals surface area contributed by atoms with Crippen LogP contribution in [0, 0.1) is 13.8 Å². The predicted octanol–water partition coefficient (Wildman–Crippen LogP) is 1.39. The number of aliphatic hydroxyl groups is 1. The maximum Gasteiger partial charge on any atom is 0.244 e. The van der Waals surface area contributed by atoms with Gasteiger partial charge in [0.25, 0.3) is 0 Å². The first-order valence-corrected chi connectivity index (χ1v) is 9.28. The average Bonchev–Trinajstić information content (AvgIpc) is 3.20. The molecule has 28 heavy (non-hydrogen) atoms. The lowest BCUT2D eigenvalue weighted by molar-refractivity contribution is -0.137. The zero-order valence-corrected chi connectivity index (χ0v) is 17.1. The van der Waals surface area contributed by atoms with Crippen LogP contribution < -0.4 is 9.47 Å². The molecule has 1 N–H and O–H groups in total. The van der Waals surface area contributed by atoms with Crippen LogP contribution in [0.1, 0.15) is 28.6 Å². The number of aromatic nitrogens is 2. The zero-order valence-electron chi connectivity index (χ0n) is 17.1. The quantitative estimate of drug-likeness (QED) is 0.772. The first kappa shape index (κ1) is 20.2. The van der Waals surface area contributed by atoms with Gasteiger partial charge in [0, 0.05) is 31.4 Å². The van der Waals surface area contributed by atoms with Crippen molar-refractivity contribution in [1.29, 1.82) is 0 Å². The Kier molecular flexibility index (Phi) is 5.90. The Hall–Kier alpha value is -2.58. The summed E-state index contributed by atoms with van der Waals surface area (Å²) in [4.78, 5) is 17.0. The molecule has 3 rings (SSSR count). The fourth-order valence-electron chi connectivity index (χ4n) is 3.54. The first-order valence-electron chi connectivity index (χ1n) is 9.28. The van der Waals surface area contributed by atoms with Crippen molar-refractivity contribution in [1.82, 2.24) is 19.6 Å². The van der Waals surface area contributed by atoms with E-state index in [1.54, 1.807) is 4.90 Å². The molecule has 2 heterocycles. The van der Waals surface area contributed by atoms with Crippen molar-refractivity contribution in [2.45, 2.75) is 26.4 Å². The number of ether oxygens (including phenoxy) is 2. The van der Waals surface area contributed by atoms with Crippen LogP contribution in [-0.4, -0.2) is 64.6 Å². The van der Waals surface area contributed by atoms with Gasteiger partial charge in [-0.2, -0.15) is 5.10 Å². The number of nitrogens with zero attached hydrogens (tertiary/aromatic N) is 4. The van der Waals surface area contributed by atoms with Crippen molar-refractivity contribution in [3.8, 4) is 11.5 Å². The Morgan fingerprint density at radius 1 is 1.29 bits per heavy atom. The number of hydrogen-bond acceptors (Lipinski definition) is 6. The van der Waals surface area contributed by atoms with Crippen molar-refractivity contribution in [2.24, 2.45) is 7.05 Å². The van der Waals surface area contributed by atoms with Crippen LogP contribution in [0.4, 0.5) is 0 Å². The Bertz CT molecular complexity index is 862. The number of likely N-dealkylation sites (N-methyl/N-ethyl adjacent to an activating group) is 1. The number of carbonyl (C=O) groups excluding carboxylic acids is 1. The monoisotopic (exact) mass is 388 g/mol. The van der Waals surface area contributed by atoms with E-state index in [1.165, 1.54) is 0 Å². The molecule has 2 aromatic rings. The zero-order chi connectivity index (χ0) is 20.4. The van der Waals surface area contributed by atoms with Gasteiger partial charge in [-0.05, 0) is 45.6 Å². The summed E-state index contributed by atoms with van der Waals surface area (Å²) in [6, 6.07) is 5.06. The highest BCUT2D eigenvalue weighted by Crippen LogP contribution is 2.35. The number of benzene rings is 1. The summed E-state index contributed by atoms with van der Waals surface area (Å²) in [5.41, 5.74) is 3.73. The number of fused-ring (bicyclic) bond motifs is 1. The normalized spacial score (nSPS) is 13.8. The lowest BCUT2D eigenvalue weighted by atomic mass is 10.0. The second-order valence-electron chi connectivity index (χ2n) is 7.24. The topological polar surface area (TPSA) is 80.1 Å². The Morgan fingerprint density at radius 3 is 2.61 bits per heavy atom. The fourth-order valence-corrected chi connectivity index (χ4v) is 3.54. The molecule has 1 aliphatic rings. The number of aliphatic hydroxyl groups excluding tert-OH is 1. The van der Waals surface area contributed by atoms with Gasteiger partial charge in [-0.3, -0.25) is 14.4 Å². The molecule has 1 aromatic carbocycles. The number of aryl methyl sites for hydroxylation is 2. The smallest absolute Gasteiger partial charge is 0.244 e. The summed E-state index contributed by atoms with van der Waals surface area (Å²) in [6.45, 7) is 4.66. The van der Waals surface area contributed by atoms with Gasteiger partial charge in [-0.25, -0.2) is 0 Å². The number of amides is 1. The summed E-state index contributed by atoms with van der Waals surface area (Å²) >= 11 is 0. The summed E-state index contributed by atoms with van der Waals surface area (Å²) in [5, 5.41) is 14.0. The van der Waals surface area contributed by atoms with E-state index in [9.17, 15) is 9.90 Å². The summed E-state index contributed by atoms with van der Waals surface area (Å²) in [5.74, 6) is 1.24. The molecular weight excluding hydrogens is 360 g/mol. The van der Waals surface area contributed by atoms with Crippen molar-refractivity contribution in [2.75, 3.05) is 34.0 Å². The second-order valence-corrected chi connectivity index (χ2v) is 7.24. The largest absolute Gasteiger partial charge is 0.454 e. The highest BCUT2D eigenvalue weighted by atomic mass is 16.7. The van der Waals surface area contributed by atoms with Crippen LogP contribution in [0.3, 0.4) is 0 Å². The molecule has 0 saturated carbocycles. The van der Waals surface area contributed by atoms with Crippen LogP contribution in [0.25, 0.3) is 0 Å². The SMILES string of the molecule is Cc1nn(C)c(C)c1CN(CCO)C(=O)[C@H](c1ccc2c(c1)OCO2)N(C)C. The third-order valence-corrected chi connectivity index (χ3v) is 5.15. The van der Waals surface area contributed by atoms with Crippen molar-refractivity contribution in [3.05, 3.63) is 40.7 Å². The first-order chi connectivity index (χ1) is 13.3. The molecule has 1 amide bonds. The molecule has 1 aromatic heterocycles. The fraction of sp³-hybridized carbons (Fsp3) is 0.500. The minimum Gasteiger partial charge on any atom is -0.454 e. The van der Waals surface area contributed by atoms with Gasteiger partial charge < -0.3 is 19.5 Å². The molecule has 152 valence electrons. The van der Waals surface area contributed by atoms with Crippen LogP contribution in [0.5, 0.6) is 11.5 Å². The number of rotatable bonds is 7. The third-order valence-electron chi connectivity index (χ3n) is 5.15. The number of hydrogen-bond donors (Lipinski definition) is 1. The Morgan fingerprint density at radius 2 is 2.00 bits per heavy atom. The predicted molar refractivity (Wildman–Crippen MR) is 104 cm³/mol. The van der Waals surface area contributed by atoms with Crippen LogP contribution >= 0.6 is 0 Å². The lowest BCUT2D eigenvalue weighted by Crippen LogP contribution is -2.41. The van der Waals surface area contributed by atoms with Gasteiger partial charge in [0.1, 0.15) is 6.04 Å². The van der Waals surface area contributed by atoms with Crippen molar-refractivity contribution < 1.29 is 19.4 Å². The van der Waals surface area contributed by atoms with E-state index >= 15 is 0 Å². The summed E-state index contributed by atoms with van der Waals surface area (Å²) in [7, 11) is 5.62. The van der Waals surface area contributed by atoms with E-state index < -0.39 is 6.04 Å². The standard InChI is InChI=1S/C20H28N4O4/c1-13-16(14(2)23(5)21-13)11-24(8-9-25)20(26)19(22(3)4)15-6-7-17-18(10-15)28-12-27-17/h6-7,10,19,25H,8-9,11-12H2,1-5H3/t19-/m0/s1. The molecule has 0 radical (unpaired) electrons. The van der Waals surface area contributed by atoms with Gasteiger partial charge >= 0.3 is 0 Å². The van der Waals surface area contributed by atoms with Crippen LogP contribution in [0.2, 0.25) is 0 Å². The maximum atomic E-state index is 13.5. The molecule has 1 aliphatic heterocycles. The van der Waals surface area contributed by atoms with Gasteiger partial charge in [0.2, 0.25) is 12.7 Å². The van der Waals surface area contributed by atoms with Gasteiger partial charge in [0.05, 0.1) is 12.3 Å². The van der Waals surface area contributed by atoms with E-state index in [4.69, 9.17) is 9.47 Å². The second kappa shape index (κ2) is 8.20. The van der Waals surface area contributed by atoms with Crippen LogP contribution in [-0.2, 0) is 18.4 Å². The van der Waals surface area contributed by atoms with E-state index in [2.05, 4.69) is 5.10 Å². The van der Waals surface area contributed by atoms with Crippen molar-refractivity contribution in [3.63, 3.8) is 0 Å². The van der Waals surface area contributed by atoms with Gasteiger partial charge in [-0.1, -0.05) is 6.07 Å². The molecule has 0 bridgehead atoms. The van der Waals surface area contributed by atoms with E-state index in [0.717, 1.165) is 22.5 Å². The Balaban J connectivity index is 1.91. The molecule has 0 saturated heterocycles. The molecular formula is C20H28N4O4. The molecule has 0 spiro atoms. The Labute approximate surface area is 165 Å². The lowest BCUT2D eigenvalue weighted by Gasteiger charge is -2.31. The van der Waals surface area contributed by atoms with Crippen LogP contribution in [0.15, 0.2) is 18.2 Å². The van der Waals surface area contributed by atoms with E-state index in [1.807, 2.05) is 62.8 Å². The molecule has 8 heteroatoms. The molecule has 0 unspecified atom stereocenters. The molecule has 0 aliphatic carbocycles. The third kappa shape index (κ3) is 3.83. The van der Waals surface area contributed by atoms with Crippen molar-refractivity contribution >= 4 is 5.91 Å². The minimum atomic E-state index is -0.502. The highest BCUT2D eigenvalue weighted by molar-refractivity contribution is 5.83. The van der Waals surface area contributed by atoms with E-state index in [-0.39, 0.29) is 25.9 Å². The minimum absolute atomic E-state index is 0.0828. The van der Waals surface area contributed by atoms with Gasteiger partial charge in [0.15, 0.2) is 11.5 Å². The molecule has 8 nitrogen and oxygen atoms in total. The summed E-state index contributed by atoms with van der Waals surface area (Å²) < 4.78 is 12.7. The highest BCUT2D eigenvalue weighted by Gasteiger charge is 2.30. The summed E-state index contributed by atoms with van der Waals surface area (Å²) in [6.07, 6.45) is 0. The molecule has 0 fully saturated rings. The average molecular weight is 388 g/mol. The number of carbonyl (C=O) groups is 1. The van der Waals surface area contributed by atoms with Gasteiger partial charge in [-0.15, -0.1) is 0 Å². The molecule has 1 atom stereocenters. The van der Waals surface area contributed by atoms with E-state index in [0.29, 0.717) is 18.0 Å². The maximum absolute atomic E-state index is 13.5.